The molecule has 14 atom stereocenters. The van der Waals surface area contributed by atoms with Crippen molar-refractivity contribution in [3.05, 3.63) is 203 Å². The molecule has 130 heavy (non-hydrogen) atoms. The van der Waals surface area contributed by atoms with Gasteiger partial charge in [-0.2, -0.15) is 0 Å². The number of aromatic hydroxyl groups is 2. The number of carboxylic acids is 1. The number of carbonyl (C=O) groups is 15. The number of H-pyrrole nitrogens is 1. The van der Waals surface area contributed by atoms with Crippen molar-refractivity contribution >= 4 is 123 Å². The van der Waals surface area contributed by atoms with Crippen LogP contribution in [0.3, 0.4) is 0 Å². The molecular formula is C93H116N16O19S2. The van der Waals surface area contributed by atoms with Crippen LogP contribution < -0.4 is 53.6 Å². The first kappa shape index (κ1) is 99.3. The number of aromatic nitrogens is 1. The topological polar surface area (TPSA) is 496 Å². The van der Waals surface area contributed by atoms with E-state index >= 15 is 33.6 Å². The number of nitrogens with two attached hydrogens (primary N) is 1. The molecule has 1 aromatic heterocycles. The second-order valence-electron chi connectivity index (χ2n) is 33.4. The molecule has 3 aliphatic rings. The van der Waals surface area contributed by atoms with Crippen LogP contribution in [0.1, 0.15) is 93.2 Å². The number of unbranched alkanes of at least 4 members (excludes halogenated alkanes) is 1. The number of hydrogen-bond acceptors (Lipinski definition) is 21. The van der Waals surface area contributed by atoms with Gasteiger partial charge in [-0.1, -0.05) is 167 Å². The lowest BCUT2D eigenvalue weighted by atomic mass is 9.99. The van der Waals surface area contributed by atoms with E-state index in [1.54, 1.807) is 134 Å². The van der Waals surface area contributed by atoms with E-state index < -0.39 is 199 Å². The van der Waals surface area contributed by atoms with E-state index in [4.69, 9.17) is 10.5 Å². The molecule has 37 heteroatoms. The lowest BCUT2D eigenvalue weighted by Gasteiger charge is -2.37. The Labute approximate surface area is 762 Å². The lowest BCUT2D eigenvalue weighted by molar-refractivity contribution is -0.151. The number of amides is 14. The van der Waals surface area contributed by atoms with Gasteiger partial charge < -0.3 is 98.2 Å². The summed E-state index contributed by atoms with van der Waals surface area (Å²) in [7, 11) is 5.38. The highest BCUT2D eigenvalue weighted by atomic mass is 32.2. The minimum atomic E-state index is -1.86. The number of hydrogen-bond donors (Lipinski definition) is 14. The Bertz CT molecular complexity index is 5140. The zero-order valence-corrected chi connectivity index (χ0v) is 75.5. The Balaban J connectivity index is 1.01. The van der Waals surface area contributed by atoms with E-state index in [0.29, 0.717) is 57.1 Å². The number of carboxylic acid groups (broad SMARTS) is 1. The smallest absolute Gasteiger partial charge is 0.305 e. The van der Waals surface area contributed by atoms with Gasteiger partial charge >= 0.3 is 5.97 Å². The summed E-state index contributed by atoms with van der Waals surface area (Å²) < 4.78 is 6.52. The van der Waals surface area contributed by atoms with Crippen LogP contribution in [-0.4, -0.2) is 283 Å². The maximum atomic E-state index is 15.6. The number of thioether (sulfide) groups is 2. The fourth-order valence-electron chi connectivity index (χ4n) is 15.8. The van der Waals surface area contributed by atoms with Crippen molar-refractivity contribution in [3.63, 3.8) is 0 Å². The van der Waals surface area contributed by atoms with Crippen LogP contribution in [0, 0.1) is 5.92 Å². The van der Waals surface area contributed by atoms with Gasteiger partial charge in [0.05, 0.1) is 31.3 Å². The number of likely N-dealkylation sites (N-methyl/N-ethyl adjacent to an activating group) is 4. The number of para-hydroxylation sites is 1. The molecule has 6 aromatic carbocycles. The van der Waals surface area contributed by atoms with Crippen LogP contribution in [0.4, 0.5) is 0 Å². The first-order chi connectivity index (χ1) is 62.1. The maximum Gasteiger partial charge on any atom is 0.305 e. The van der Waals surface area contributed by atoms with Gasteiger partial charge in [0.25, 0.3) is 0 Å². The van der Waals surface area contributed by atoms with E-state index in [2.05, 4.69) is 52.8 Å². The SMILES string of the molecule is CCCC[C@H]1C(=O)N(C)CC(=O)N[C@@H](CC(=O)O)C(=O)N[C@@H](C)C(=O)N(C)C(Cc2ccccc2)C(=O)N[C@@H](Cc2ccc(O)cc2)C2OC2N2CSCC2C(=O)N[C@@H](Cc2c[nH]c3ccccc23)C(=O)N[C@@H](Cc2ccc(O)cc2)C(=O)N[C@@H](CC(C)C)C(=O)N[C@H](C(=O)NCC(N)=O)CSCC(=O)N[C@@H](Cc2ccccc2)C(=O)N(C)C(Cc2ccccc2)C(=O)N1C. The number of aromatic amines is 1. The standard InChI is InChI=1S/C93H116N16O19S2/c1-9-10-30-73-91(126)105(5)49-78(113)98-70(46-80(115)116)83(118)97-55(4)89(124)107(7)74(43-57-24-16-12-17-25-57)87(122)100-66(40-59-31-35-62(110)36-32-59)81-93(128-81)109-53-130-51-76(109)88(123)103-69(45-61-47-95-65-29-21-20-28-64(61)65)86(121)102-68(41-60-33-37-63(111)38-34-60)85(120)101-67(39-54(2)3)84(119)104-72(82(117)96-48-77(94)112)50-129-52-79(114)99-71(42-56-22-14-11-15-23-56)90(125)108(8)75(92(127)106(73)6)44-58-26-18-13-19-27-58/h11-29,31-38,47,54-55,66-76,81,93,95,110-111H,9-10,30,39-46,48-53H2,1-8H3,(H2,94,112)(H,96,117)(H,97,118)(H,98,113)(H,99,114)(H,100,122)(H,101,120)(H,102,121)(H,103,123)(H,104,119)(H,115,116)/t55-,66-,67-,68-,69-,70-,71-,72-,73-,74?,75?,76?,81?,93?/m0/s1. The molecule has 3 aliphatic heterocycles. The molecular weight excluding hydrogens is 1710 g/mol. The fourth-order valence-corrected chi connectivity index (χ4v) is 17.9. The second-order valence-corrected chi connectivity index (χ2v) is 35.4. The molecule has 3 saturated heterocycles. The molecule has 4 heterocycles. The molecule has 15 N–H and O–H groups in total. The molecule has 0 bridgehead atoms. The Kier molecular flexibility index (Phi) is 36.2. The van der Waals surface area contributed by atoms with Crippen molar-refractivity contribution in [1.29, 1.82) is 0 Å². The Morgan fingerprint density at radius 2 is 1.03 bits per heavy atom. The summed E-state index contributed by atoms with van der Waals surface area (Å²) in [6, 6.07) is 28.7. The molecule has 0 aliphatic carbocycles. The minimum Gasteiger partial charge on any atom is -0.508 e. The van der Waals surface area contributed by atoms with E-state index in [1.165, 1.54) is 93.1 Å². The second kappa shape index (κ2) is 47.4. The molecule has 0 saturated carbocycles. The van der Waals surface area contributed by atoms with Crippen molar-refractivity contribution in [2.75, 3.05) is 64.4 Å². The van der Waals surface area contributed by atoms with Crippen LogP contribution in [0.15, 0.2) is 170 Å². The number of phenolic OH excluding ortho intramolecular Hbond substituents is 2. The lowest BCUT2D eigenvalue weighted by Crippen LogP contribution is -2.60. The van der Waals surface area contributed by atoms with Gasteiger partial charge in [0.15, 0.2) is 0 Å². The Morgan fingerprint density at radius 3 is 1.63 bits per heavy atom. The highest BCUT2D eigenvalue weighted by Crippen LogP contribution is 2.38. The average molecular weight is 1830 g/mol. The van der Waals surface area contributed by atoms with Crippen molar-refractivity contribution in [2.45, 2.75) is 183 Å². The van der Waals surface area contributed by atoms with E-state index in [0.717, 1.165) is 21.6 Å². The molecule has 694 valence electrons. The van der Waals surface area contributed by atoms with Crippen molar-refractivity contribution in [1.82, 2.24) is 77.3 Å². The van der Waals surface area contributed by atoms with Gasteiger partial charge in [0.2, 0.25) is 82.7 Å². The number of primary amides is 1. The molecule has 5 unspecified atom stereocenters. The molecule has 35 nitrogen and oxygen atoms in total. The third-order valence-electron chi connectivity index (χ3n) is 23.0. The summed E-state index contributed by atoms with van der Waals surface area (Å²) in [6.07, 6.45) is -0.798. The highest BCUT2D eigenvalue weighted by Gasteiger charge is 2.54. The van der Waals surface area contributed by atoms with Crippen LogP contribution >= 0.6 is 23.5 Å². The zero-order chi connectivity index (χ0) is 94.0. The molecule has 3 fully saturated rings. The first-order valence-corrected chi connectivity index (χ1v) is 45.5. The van der Waals surface area contributed by atoms with Gasteiger partial charge in [-0.25, -0.2) is 0 Å². The number of ether oxygens (including phenoxy) is 1. The molecule has 7 aromatic rings. The van der Waals surface area contributed by atoms with Crippen LogP contribution in [-0.2, 0) is 115 Å². The minimum absolute atomic E-state index is 0.0440. The number of phenols is 2. The summed E-state index contributed by atoms with van der Waals surface area (Å²) in [5, 5.41) is 56.4. The van der Waals surface area contributed by atoms with Gasteiger partial charge in [0, 0.05) is 94.8 Å². The van der Waals surface area contributed by atoms with Crippen LogP contribution in [0.2, 0.25) is 0 Å². The monoisotopic (exact) mass is 1820 g/mol. The fraction of sp³-hybridized carbons (Fsp3) is 0.430. The van der Waals surface area contributed by atoms with Gasteiger partial charge in [-0.15, -0.1) is 23.5 Å². The van der Waals surface area contributed by atoms with E-state index in [9.17, 15) is 53.7 Å². The average Bonchev–Trinajstić information content (AvgIpc) is 1.60. The van der Waals surface area contributed by atoms with E-state index in [-0.39, 0.29) is 86.2 Å². The summed E-state index contributed by atoms with van der Waals surface area (Å²) in [5.41, 5.74) is 9.66. The molecule has 14 amide bonds. The Morgan fingerprint density at radius 1 is 0.515 bits per heavy atom. The van der Waals surface area contributed by atoms with Crippen molar-refractivity contribution < 1.29 is 92.0 Å². The Hall–Kier alpha value is -12.9. The number of benzene rings is 6. The van der Waals surface area contributed by atoms with E-state index in [1.807, 2.05) is 25.1 Å². The quantitative estimate of drug-likeness (QED) is 0.0433. The maximum absolute atomic E-state index is 15.6. The van der Waals surface area contributed by atoms with Gasteiger partial charge in [0.1, 0.15) is 90.3 Å². The van der Waals surface area contributed by atoms with Crippen molar-refractivity contribution in [3.8, 4) is 11.5 Å². The van der Waals surface area contributed by atoms with Crippen molar-refractivity contribution in [2.24, 2.45) is 11.7 Å². The normalized spacial score (nSPS) is 24.4. The third-order valence-corrected chi connectivity index (χ3v) is 25.0. The highest BCUT2D eigenvalue weighted by molar-refractivity contribution is 8.00. The summed E-state index contributed by atoms with van der Waals surface area (Å²) >= 11 is 2.23. The zero-order valence-electron chi connectivity index (χ0n) is 73.9. The number of epoxide rings is 1. The number of nitrogens with one attached hydrogen (secondary N) is 10. The summed E-state index contributed by atoms with van der Waals surface area (Å²) in [6.45, 7) is 5.25. The number of nitrogens with zero attached hydrogens (tertiary/aromatic N) is 5. The first-order valence-electron chi connectivity index (χ1n) is 43.2. The number of fused-ring (bicyclic) bond motifs is 4. The largest absolute Gasteiger partial charge is 0.508 e. The van der Waals surface area contributed by atoms with Crippen LogP contribution in [0.25, 0.3) is 10.9 Å². The number of rotatable bonds is 22. The number of carbonyl (C=O) groups excluding carboxylic acids is 14. The third kappa shape index (κ3) is 28.3. The molecule has 10 rings (SSSR count). The van der Waals surface area contributed by atoms with Gasteiger partial charge in [-0.05, 0) is 95.8 Å². The predicted octanol–water partition coefficient (Wildman–Crippen LogP) is 2.33. The number of aliphatic carboxylic acids is 1. The summed E-state index contributed by atoms with van der Waals surface area (Å²) in [5.74, 6) is -14.2. The van der Waals surface area contributed by atoms with Gasteiger partial charge in [-0.3, -0.25) is 76.8 Å². The van der Waals surface area contributed by atoms with Crippen LogP contribution in [0.5, 0.6) is 11.5 Å². The molecule has 0 spiro atoms. The summed E-state index contributed by atoms with van der Waals surface area (Å²) in [4.78, 5) is 229. The molecule has 0 radical (unpaired) electrons. The predicted molar refractivity (Wildman–Crippen MR) is 487 cm³/mol.